The number of fused-ring (bicyclic) bond motifs is 2. The third kappa shape index (κ3) is 4.09. The molecule has 0 bridgehead atoms. The van der Waals surface area contributed by atoms with Gasteiger partial charge in [-0.15, -0.1) is 0 Å². The number of likely N-dealkylation sites (N-methyl/N-ethyl adjacent to an activating group) is 1. The predicted octanol–water partition coefficient (Wildman–Crippen LogP) is 5.51. The molecule has 0 aromatic heterocycles. The van der Waals surface area contributed by atoms with E-state index in [9.17, 15) is 13.2 Å². The van der Waals surface area contributed by atoms with Crippen molar-refractivity contribution in [2.45, 2.75) is 18.3 Å². The van der Waals surface area contributed by atoms with Gasteiger partial charge in [0, 0.05) is 31.4 Å². The first-order chi connectivity index (χ1) is 13.3. The van der Waals surface area contributed by atoms with Crippen molar-refractivity contribution >= 4 is 23.3 Å². The molecule has 1 fully saturated rings. The number of hydrogen-bond donors (Lipinski definition) is 1. The van der Waals surface area contributed by atoms with Gasteiger partial charge in [0.2, 0.25) is 0 Å². The Balaban J connectivity index is 1.49. The molecule has 1 atom stereocenters. The number of halogens is 3. The van der Waals surface area contributed by atoms with Gasteiger partial charge in [0.05, 0.1) is 16.9 Å². The van der Waals surface area contributed by atoms with Gasteiger partial charge in [-0.2, -0.15) is 13.2 Å². The third-order valence-electron chi connectivity index (χ3n) is 5.04. The average Bonchev–Trinajstić information content (AvgIpc) is 2.66. The SMILES string of the molecule is CC(SN1CCN(C)CC1)c1ccc2c(c1)Nc1ccc(C(F)(F)F)cc1O2. The molecule has 2 aromatic rings. The lowest BCUT2D eigenvalue weighted by molar-refractivity contribution is -0.137. The second-order valence-electron chi connectivity index (χ2n) is 7.17. The number of piperazine rings is 1. The summed E-state index contributed by atoms with van der Waals surface area (Å²) >= 11 is 1.83. The van der Waals surface area contributed by atoms with E-state index in [0.29, 0.717) is 11.4 Å². The van der Waals surface area contributed by atoms with E-state index in [0.717, 1.165) is 49.6 Å². The maximum atomic E-state index is 12.9. The Kier molecular flexibility index (Phi) is 5.20. The topological polar surface area (TPSA) is 27.7 Å². The summed E-state index contributed by atoms with van der Waals surface area (Å²) in [5, 5.41) is 3.47. The highest BCUT2D eigenvalue weighted by molar-refractivity contribution is 7.97. The van der Waals surface area contributed by atoms with E-state index in [-0.39, 0.29) is 11.0 Å². The van der Waals surface area contributed by atoms with Gasteiger partial charge in [0.25, 0.3) is 0 Å². The average molecular weight is 409 g/mol. The van der Waals surface area contributed by atoms with Crippen LogP contribution in [0.1, 0.15) is 23.3 Å². The van der Waals surface area contributed by atoms with Gasteiger partial charge in [0.1, 0.15) is 0 Å². The molecule has 1 N–H and O–H groups in total. The molecule has 0 amide bonds. The van der Waals surface area contributed by atoms with E-state index in [1.165, 1.54) is 6.07 Å². The number of nitrogens with zero attached hydrogens (tertiary/aromatic N) is 2. The fourth-order valence-electron chi connectivity index (χ4n) is 3.32. The van der Waals surface area contributed by atoms with Gasteiger partial charge >= 0.3 is 6.18 Å². The zero-order valence-corrected chi connectivity index (χ0v) is 16.5. The highest BCUT2D eigenvalue weighted by atomic mass is 32.2. The van der Waals surface area contributed by atoms with Gasteiger partial charge in [-0.05, 0) is 49.9 Å². The number of hydrogen-bond acceptors (Lipinski definition) is 5. The van der Waals surface area contributed by atoms with Crippen molar-refractivity contribution in [3.63, 3.8) is 0 Å². The largest absolute Gasteiger partial charge is 0.453 e. The maximum absolute atomic E-state index is 12.9. The first kappa shape index (κ1) is 19.4. The Morgan fingerprint density at radius 1 is 1.00 bits per heavy atom. The summed E-state index contributed by atoms with van der Waals surface area (Å²) in [5.74, 6) is 0.724. The molecular formula is C20H22F3N3OS. The second-order valence-corrected chi connectivity index (χ2v) is 8.61. The van der Waals surface area contributed by atoms with Crippen LogP contribution in [0.2, 0.25) is 0 Å². The normalized spacial score (nSPS) is 18.6. The summed E-state index contributed by atoms with van der Waals surface area (Å²) < 4.78 is 46.9. The highest BCUT2D eigenvalue weighted by Crippen LogP contribution is 2.46. The van der Waals surface area contributed by atoms with Crippen LogP contribution >= 0.6 is 11.9 Å². The van der Waals surface area contributed by atoms with Gasteiger partial charge < -0.3 is 15.0 Å². The lowest BCUT2D eigenvalue weighted by Gasteiger charge is -2.33. The molecule has 2 heterocycles. The number of ether oxygens (including phenoxy) is 1. The molecule has 4 nitrogen and oxygen atoms in total. The van der Waals surface area contributed by atoms with Crippen molar-refractivity contribution in [1.82, 2.24) is 9.21 Å². The van der Waals surface area contributed by atoms with E-state index in [1.54, 1.807) is 0 Å². The molecule has 8 heteroatoms. The molecule has 0 spiro atoms. The number of benzene rings is 2. The van der Waals surface area contributed by atoms with Crippen LogP contribution in [-0.4, -0.2) is 42.4 Å². The Hall–Kier alpha value is -1.90. The third-order valence-corrected chi connectivity index (χ3v) is 6.29. The monoisotopic (exact) mass is 409 g/mol. The molecule has 150 valence electrons. The summed E-state index contributed by atoms with van der Waals surface area (Å²) in [6, 6.07) is 9.33. The van der Waals surface area contributed by atoms with E-state index in [1.807, 2.05) is 30.1 Å². The minimum absolute atomic E-state index is 0.190. The van der Waals surface area contributed by atoms with Gasteiger partial charge in [-0.1, -0.05) is 18.0 Å². The van der Waals surface area contributed by atoms with Gasteiger partial charge in [-0.3, -0.25) is 0 Å². The molecule has 2 aromatic carbocycles. The van der Waals surface area contributed by atoms with Crippen molar-refractivity contribution in [2.75, 3.05) is 38.5 Å². The summed E-state index contributed by atoms with van der Waals surface area (Å²) in [4.78, 5) is 2.32. The minimum atomic E-state index is -4.39. The van der Waals surface area contributed by atoms with Gasteiger partial charge in [-0.25, -0.2) is 4.31 Å². The Morgan fingerprint density at radius 2 is 1.75 bits per heavy atom. The quantitative estimate of drug-likeness (QED) is 0.576. The van der Waals surface area contributed by atoms with Crippen LogP contribution in [0.25, 0.3) is 0 Å². The van der Waals surface area contributed by atoms with E-state index >= 15 is 0 Å². The lowest BCUT2D eigenvalue weighted by atomic mass is 10.1. The number of nitrogens with one attached hydrogen (secondary N) is 1. The van der Waals surface area contributed by atoms with Crippen LogP contribution in [0.3, 0.4) is 0 Å². The summed E-state index contributed by atoms with van der Waals surface area (Å²) in [6.45, 7) is 6.36. The second kappa shape index (κ2) is 7.50. The number of anilines is 2. The van der Waals surface area contributed by atoms with Crippen molar-refractivity contribution in [2.24, 2.45) is 0 Å². The fourth-order valence-corrected chi connectivity index (χ4v) is 4.40. The molecule has 0 radical (unpaired) electrons. The standard InChI is InChI=1S/C20H22F3N3OS/c1-13(28-26-9-7-25(2)8-10-26)14-3-6-18-17(11-14)24-16-5-4-15(20(21,22)23)12-19(16)27-18/h3-6,11-13,24H,7-10H2,1-2H3. The summed E-state index contributed by atoms with van der Waals surface area (Å²) in [6.07, 6.45) is -4.39. The van der Waals surface area contributed by atoms with E-state index in [2.05, 4.69) is 28.5 Å². The Morgan fingerprint density at radius 3 is 2.46 bits per heavy atom. The first-order valence-corrected chi connectivity index (χ1v) is 10.0. The maximum Gasteiger partial charge on any atom is 0.416 e. The number of rotatable bonds is 3. The minimum Gasteiger partial charge on any atom is -0.453 e. The molecule has 0 saturated carbocycles. The van der Waals surface area contributed by atoms with Gasteiger partial charge in [0.15, 0.2) is 11.5 Å². The molecule has 1 unspecified atom stereocenters. The van der Waals surface area contributed by atoms with Crippen molar-refractivity contribution < 1.29 is 17.9 Å². The van der Waals surface area contributed by atoms with Crippen LogP contribution in [-0.2, 0) is 6.18 Å². The van der Waals surface area contributed by atoms with Crippen molar-refractivity contribution in [3.05, 3.63) is 47.5 Å². The first-order valence-electron chi connectivity index (χ1n) is 9.20. The van der Waals surface area contributed by atoms with E-state index in [4.69, 9.17) is 4.74 Å². The van der Waals surface area contributed by atoms with E-state index < -0.39 is 11.7 Å². The number of alkyl halides is 3. The molecule has 28 heavy (non-hydrogen) atoms. The van der Waals surface area contributed by atoms with Crippen LogP contribution in [0, 0.1) is 0 Å². The van der Waals surface area contributed by atoms with Crippen LogP contribution in [0.4, 0.5) is 24.5 Å². The van der Waals surface area contributed by atoms with Crippen molar-refractivity contribution in [1.29, 1.82) is 0 Å². The Bertz CT molecular complexity index is 866. The summed E-state index contributed by atoms with van der Waals surface area (Å²) in [7, 11) is 2.14. The predicted molar refractivity (Wildman–Crippen MR) is 106 cm³/mol. The zero-order chi connectivity index (χ0) is 19.9. The molecule has 2 aliphatic rings. The van der Waals surface area contributed by atoms with Crippen LogP contribution in [0.5, 0.6) is 11.5 Å². The molecule has 0 aliphatic carbocycles. The smallest absolute Gasteiger partial charge is 0.416 e. The molecule has 4 rings (SSSR count). The van der Waals surface area contributed by atoms with Crippen LogP contribution < -0.4 is 10.1 Å². The summed E-state index contributed by atoms with van der Waals surface area (Å²) in [5.41, 5.74) is 1.74. The molecule has 1 saturated heterocycles. The fraction of sp³-hybridized carbons (Fsp3) is 0.400. The lowest BCUT2D eigenvalue weighted by Crippen LogP contribution is -2.41. The Labute approximate surface area is 166 Å². The molecular weight excluding hydrogens is 387 g/mol. The molecule has 2 aliphatic heterocycles. The van der Waals surface area contributed by atoms with Crippen molar-refractivity contribution in [3.8, 4) is 11.5 Å². The van der Waals surface area contributed by atoms with Crippen LogP contribution in [0.15, 0.2) is 36.4 Å². The zero-order valence-electron chi connectivity index (χ0n) is 15.7. The highest BCUT2D eigenvalue weighted by Gasteiger charge is 2.32.